The molecule has 2 heteroatoms. The van der Waals surface area contributed by atoms with Crippen LogP contribution in [0.15, 0.2) is 24.3 Å². The fourth-order valence-corrected chi connectivity index (χ4v) is 3.07. The van der Waals surface area contributed by atoms with Crippen LogP contribution in [0.3, 0.4) is 0 Å². The number of rotatable bonds is 4. The molecule has 0 saturated heterocycles. The number of fused-ring (bicyclic) bond motifs is 1. The second kappa shape index (κ2) is 5.85. The summed E-state index contributed by atoms with van der Waals surface area (Å²) in [7, 11) is 0. The van der Waals surface area contributed by atoms with Gasteiger partial charge in [-0.05, 0) is 36.4 Å². The first-order valence-corrected chi connectivity index (χ1v) is 7.13. The molecule has 2 nitrogen and oxygen atoms in total. The lowest BCUT2D eigenvalue weighted by Gasteiger charge is -2.39. The molecular formula is C16H25NO. The predicted octanol–water partition coefficient (Wildman–Crippen LogP) is 3.01. The molecule has 2 unspecified atom stereocenters. The number of benzene rings is 1. The number of aliphatic hydroxyl groups excluding tert-OH is 1. The normalized spacial score (nSPS) is 23.4. The predicted molar refractivity (Wildman–Crippen MR) is 75.6 cm³/mol. The van der Waals surface area contributed by atoms with Gasteiger partial charge in [-0.1, -0.05) is 45.0 Å². The SMILES string of the molecule is CCN(CC(C)C)C1CCc2ccccc2C1O. The van der Waals surface area contributed by atoms with E-state index < -0.39 is 0 Å². The molecule has 0 radical (unpaired) electrons. The molecule has 0 fully saturated rings. The fourth-order valence-electron chi connectivity index (χ4n) is 3.07. The van der Waals surface area contributed by atoms with Gasteiger partial charge >= 0.3 is 0 Å². The average molecular weight is 247 g/mol. The summed E-state index contributed by atoms with van der Waals surface area (Å²) in [5, 5.41) is 10.6. The number of hydrogen-bond acceptors (Lipinski definition) is 2. The maximum Gasteiger partial charge on any atom is 0.0947 e. The Hall–Kier alpha value is -0.860. The van der Waals surface area contributed by atoms with Crippen molar-refractivity contribution < 1.29 is 5.11 Å². The second-order valence-corrected chi connectivity index (χ2v) is 5.73. The molecule has 2 atom stereocenters. The number of aryl methyl sites for hydroxylation is 1. The second-order valence-electron chi connectivity index (χ2n) is 5.73. The molecule has 1 aliphatic rings. The highest BCUT2D eigenvalue weighted by Crippen LogP contribution is 2.33. The number of aliphatic hydroxyl groups is 1. The van der Waals surface area contributed by atoms with Gasteiger partial charge in [0.05, 0.1) is 6.10 Å². The Morgan fingerprint density at radius 3 is 2.72 bits per heavy atom. The average Bonchev–Trinajstić information content (AvgIpc) is 2.37. The Kier molecular flexibility index (Phi) is 4.41. The zero-order valence-electron chi connectivity index (χ0n) is 11.8. The molecule has 0 bridgehead atoms. The molecule has 2 rings (SSSR count). The van der Waals surface area contributed by atoms with Crippen LogP contribution in [0.2, 0.25) is 0 Å². The van der Waals surface area contributed by atoms with Crippen molar-refractivity contribution in [3.8, 4) is 0 Å². The van der Waals surface area contributed by atoms with E-state index in [0.717, 1.165) is 31.5 Å². The summed E-state index contributed by atoms with van der Waals surface area (Å²) in [6.45, 7) is 8.76. The molecule has 1 aromatic carbocycles. The molecular weight excluding hydrogens is 222 g/mol. The molecule has 100 valence electrons. The monoisotopic (exact) mass is 247 g/mol. The van der Waals surface area contributed by atoms with Crippen molar-refractivity contribution in [1.82, 2.24) is 4.90 Å². The highest BCUT2D eigenvalue weighted by atomic mass is 16.3. The minimum atomic E-state index is -0.325. The molecule has 0 spiro atoms. The highest BCUT2D eigenvalue weighted by Gasteiger charge is 2.31. The maximum absolute atomic E-state index is 10.6. The van der Waals surface area contributed by atoms with Crippen molar-refractivity contribution in [3.63, 3.8) is 0 Å². The summed E-state index contributed by atoms with van der Waals surface area (Å²) in [4.78, 5) is 2.44. The van der Waals surface area contributed by atoms with E-state index >= 15 is 0 Å². The van der Waals surface area contributed by atoms with Gasteiger partial charge in [0.25, 0.3) is 0 Å². The van der Waals surface area contributed by atoms with Crippen molar-refractivity contribution in [1.29, 1.82) is 0 Å². The van der Waals surface area contributed by atoms with Gasteiger partial charge in [-0.15, -0.1) is 0 Å². The molecule has 1 N–H and O–H groups in total. The Bertz CT molecular complexity index is 388. The van der Waals surface area contributed by atoms with E-state index in [-0.39, 0.29) is 12.1 Å². The summed E-state index contributed by atoms with van der Waals surface area (Å²) in [6.07, 6.45) is 1.83. The van der Waals surface area contributed by atoms with E-state index in [2.05, 4.69) is 43.9 Å². The standard InChI is InChI=1S/C16H25NO/c1-4-17(11-12(2)3)15-10-9-13-7-5-6-8-14(13)16(15)18/h5-8,12,15-16,18H,4,9-11H2,1-3H3. The van der Waals surface area contributed by atoms with Crippen LogP contribution in [0.1, 0.15) is 44.4 Å². The van der Waals surface area contributed by atoms with Crippen molar-refractivity contribution in [2.24, 2.45) is 5.92 Å². The van der Waals surface area contributed by atoms with Gasteiger partial charge in [0.15, 0.2) is 0 Å². The lowest BCUT2D eigenvalue weighted by molar-refractivity contribution is 0.0328. The van der Waals surface area contributed by atoms with Gasteiger partial charge in [0, 0.05) is 12.6 Å². The fraction of sp³-hybridized carbons (Fsp3) is 0.625. The first kappa shape index (κ1) is 13.6. The van der Waals surface area contributed by atoms with Crippen molar-refractivity contribution in [3.05, 3.63) is 35.4 Å². The zero-order valence-corrected chi connectivity index (χ0v) is 11.8. The first-order chi connectivity index (χ1) is 8.63. The van der Waals surface area contributed by atoms with Crippen molar-refractivity contribution >= 4 is 0 Å². The van der Waals surface area contributed by atoms with Crippen LogP contribution in [-0.2, 0) is 6.42 Å². The van der Waals surface area contributed by atoms with Crippen molar-refractivity contribution in [2.75, 3.05) is 13.1 Å². The molecule has 1 aromatic rings. The largest absolute Gasteiger partial charge is 0.387 e. The van der Waals surface area contributed by atoms with E-state index in [1.54, 1.807) is 0 Å². The summed E-state index contributed by atoms with van der Waals surface area (Å²) in [5.41, 5.74) is 2.46. The maximum atomic E-state index is 10.6. The molecule has 0 amide bonds. The molecule has 1 aliphatic carbocycles. The van der Waals surface area contributed by atoms with Gasteiger partial charge < -0.3 is 5.11 Å². The minimum Gasteiger partial charge on any atom is -0.387 e. The third kappa shape index (κ3) is 2.76. The topological polar surface area (TPSA) is 23.5 Å². The van der Waals surface area contributed by atoms with Crippen LogP contribution < -0.4 is 0 Å². The van der Waals surface area contributed by atoms with Gasteiger partial charge in [0.2, 0.25) is 0 Å². The molecule has 0 aliphatic heterocycles. The van der Waals surface area contributed by atoms with E-state index in [1.807, 2.05) is 6.07 Å². The van der Waals surface area contributed by atoms with Gasteiger partial charge in [-0.25, -0.2) is 0 Å². The van der Waals surface area contributed by atoms with Crippen LogP contribution in [0.25, 0.3) is 0 Å². The lowest BCUT2D eigenvalue weighted by Crippen LogP contribution is -2.43. The number of nitrogens with zero attached hydrogens (tertiary/aromatic N) is 1. The Labute approximate surface area is 111 Å². The van der Waals surface area contributed by atoms with Crippen LogP contribution in [-0.4, -0.2) is 29.1 Å². The van der Waals surface area contributed by atoms with E-state index in [1.165, 1.54) is 5.56 Å². The summed E-state index contributed by atoms with van der Waals surface area (Å²) < 4.78 is 0. The first-order valence-electron chi connectivity index (χ1n) is 7.13. The molecule has 0 saturated carbocycles. The lowest BCUT2D eigenvalue weighted by atomic mass is 9.85. The Balaban J connectivity index is 2.17. The number of hydrogen-bond donors (Lipinski definition) is 1. The van der Waals surface area contributed by atoms with Crippen LogP contribution >= 0.6 is 0 Å². The Morgan fingerprint density at radius 2 is 2.06 bits per heavy atom. The summed E-state index contributed by atoms with van der Waals surface area (Å²) in [5.74, 6) is 0.648. The van der Waals surface area contributed by atoms with Gasteiger partial charge in [-0.3, -0.25) is 4.90 Å². The van der Waals surface area contributed by atoms with Gasteiger partial charge in [0.1, 0.15) is 0 Å². The van der Waals surface area contributed by atoms with E-state index in [0.29, 0.717) is 5.92 Å². The molecule has 0 heterocycles. The van der Waals surface area contributed by atoms with E-state index in [9.17, 15) is 5.11 Å². The zero-order chi connectivity index (χ0) is 13.1. The van der Waals surface area contributed by atoms with Crippen molar-refractivity contribution in [2.45, 2.75) is 45.8 Å². The molecule has 0 aromatic heterocycles. The summed E-state index contributed by atoms with van der Waals surface area (Å²) in [6, 6.07) is 8.61. The molecule has 18 heavy (non-hydrogen) atoms. The smallest absolute Gasteiger partial charge is 0.0947 e. The highest BCUT2D eigenvalue weighted by molar-refractivity contribution is 5.32. The van der Waals surface area contributed by atoms with Crippen LogP contribution in [0.4, 0.5) is 0 Å². The van der Waals surface area contributed by atoms with Crippen LogP contribution in [0, 0.1) is 5.92 Å². The third-order valence-electron chi connectivity index (χ3n) is 3.92. The minimum absolute atomic E-state index is 0.285. The van der Waals surface area contributed by atoms with Crippen LogP contribution in [0.5, 0.6) is 0 Å². The Morgan fingerprint density at radius 1 is 1.33 bits per heavy atom. The van der Waals surface area contributed by atoms with E-state index in [4.69, 9.17) is 0 Å². The third-order valence-corrected chi connectivity index (χ3v) is 3.92. The number of likely N-dealkylation sites (N-methyl/N-ethyl adjacent to an activating group) is 1. The quantitative estimate of drug-likeness (QED) is 0.884. The summed E-state index contributed by atoms with van der Waals surface area (Å²) >= 11 is 0. The van der Waals surface area contributed by atoms with Gasteiger partial charge in [-0.2, -0.15) is 0 Å².